The van der Waals surface area contributed by atoms with E-state index in [1.54, 1.807) is 0 Å². The largest absolute Gasteiger partial charge is 0.334 e. The van der Waals surface area contributed by atoms with Gasteiger partial charge in [-0.3, -0.25) is 0 Å². The standard InChI is InChI=1S/C13H23N3/c1-3-7-16-8-6-14-13(16)10-15-11(2)9-12-4-5-12/h6,8,11-12,15H,3-5,7,9-10H2,1-2H3. The topological polar surface area (TPSA) is 29.9 Å². The molecule has 0 aromatic carbocycles. The molecule has 1 heterocycles. The third-order valence-corrected chi connectivity index (χ3v) is 3.26. The summed E-state index contributed by atoms with van der Waals surface area (Å²) < 4.78 is 2.25. The van der Waals surface area contributed by atoms with Crippen LogP contribution in [0.15, 0.2) is 12.4 Å². The molecule has 0 bridgehead atoms. The highest BCUT2D eigenvalue weighted by molar-refractivity contribution is 4.92. The normalized spacial score (nSPS) is 17.6. The van der Waals surface area contributed by atoms with Crippen molar-refractivity contribution >= 4 is 0 Å². The van der Waals surface area contributed by atoms with E-state index in [1.807, 2.05) is 6.20 Å². The van der Waals surface area contributed by atoms with Gasteiger partial charge in [0.2, 0.25) is 0 Å². The molecule has 1 saturated carbocycles. The molecular weight excluding hydrogens is 198 g/mol. The van der Waals surface area contributed by atoms with Crippen LogP contribution >= 0.6 is 0 Å². The summed E-state index contributed by atoms with van der Waals surface area (Å²) in [5.41, 5.74) is 0. The molecule has 1 atom stereocenters. The van der Waals surface area contributed by atoms with Gasteiger partial charge < -0.3 is 9.88 Å². The molecule has 1 fully saturated rings. The lowest BCUT2D eigenvalue weighted by atomic mass is 10.1. The highest BCUT2D eigenvalue weighted by atomic mass is 15.1. The minimum absolute atomic E-state index is 0.624. The van der Waals surface area contributed by atoms with Crippen molar-refractivity contribution in [2.75, 3.05) is 0 Å². The SMILES string of the molecule is CCCn1ccnc1CNC(C)CC1CC1. The van der Waals surface area contributed by atoms with Crippen molar-refractivity contribution in [3.05, 3.63) is 18.2 Å². The van der Waals surface area contributed by atoms with E-state index in [9.17, 15) is 0 Å². The maximum Gasteiger partial charge on any atom is 0.122 e. The molecule has 1 aliphatic rings. The van der Waals surface area contributed by atoms with Crippen molar-refractivity contribution in [2.24, 2.45) is 5.92 Å². The van der Waals surface area contributed by atoms with E-state index in [2.05, 4.69) is 34.9 Å². The van der Waals surface area contributed by atoms with Gasteiger partial charge in [-0.2, -0.15) is 0 Å². The summed E-state index contributed by atoms with van der Waals surface area (Å²) in [7, 11) is 0. The molecule has 1 aromatic heterocycles. The minimum Gasteiger partial charge on any atom is -0.334 e. The maximum atomic E-state index is 4.40. The summed E-state index contributed by atoms with van der Waals surface area (Å²) in [6.07, 6.45) is 9.35. The lowest BCUT2D eigenvalue weighted by Crippen LogP contribution is -2.27. The highest BCUT2D eigenvalue weighted by Gasteiger charge is 2.23. The van der Waals surface area contributed by atoms with Gasteiger partial charge in [-0.15, -0.1) is 0 Å². The first kappa shape index (κ1) is 11.6. The number of hydrogen-bond donors (Lipinski definition) is 1. The van der Waals surface area contributed by atoms with Gasteiger partial charge in [-0.05, 0) is 25.7 Å². The molecule has 1 unspecified atom stereocenters. The maximum absolute atomic E-state index is 4.40. The summed E-state index contributed by atoms with van der Waals surface area (Å²) in [4.78, 5) is 4.40. The van der Waals surface area contributed by atoms with Crippen LogP contribution in [0.5, 0.6) is 0 Å². The molecule has 0 radical (unpaired) electrons. The molecule has 0 saturated heterocycles. The van der Waals surface area contributed by atoms with Gasteiger partial charge in [-0.25, -0.2) is 4.98 Å². The van der Waals surface area contributed by atoms with E-state index >= 15 is 0 Å². The Balaban J connectivity index is 1.76. The Kier molecular flexibility index (Phi) is 3.99. The molecule has 0 amide bonds. The number of nitrogens with zero attached hydrogens (tertiary/aromatic N) is 2. The fraction of sp³-hybridized carbons (Fsp3) is 0.769. The summed E-state index contributed by atoms with van der Waals surface area (Å²) in [6, 6.07) is 0.624. The average Bonchev–Trinajstić information content (AvgIpc) is 2.95. The van der Waals surface area contributed by atoms with Gasteiger partial charge in [0, 0.05) is 25.0 Å². The minimum atomic E-state index is 0.624. The molecule has 1 aliphatic carbocycles. The number of rotatable bonds is 7. The predicted molar refractivity (Wildman–Crippen MR) is 66.2 cm³/mol. The van der Waals surface area contributed by atoms with Gasteiger partial charge in [0.25, 0.3) is 0 Å². The van der Waals surface area contributed by atoms with Crippen molar-refractivity contribution in [1.82, 2.24) is 14.9 Å². The molecule has 90 valence electrons. The highest BCUT2D eigenvalue weighted by Crippen LogP contribution is 2.33. The first-order valence-corrected chi connectivity index (χ1v) is 6.53. The smallest absolute Gasteiger partial charge is 0.122 e. The fourth-order valence-electron chi connectivity index (χ4n) is 2.15. The lowest BCUT2D eigenvalue weighted by Gasteiger charge is -2.13. The lowest BCUT2D eigenvalue weighted by molar-refractivity contribution is 0.470. The van der Waals surface area contributed by atoms with E-state index in [1.165, 1.54) is 31.5 Å². The van der Waals surface area contributed by atoms with Crippen LogP contribution in [0.4, 0.5) is 0 Å². The van der Waals surface area contributed by atoms with Gasteiger partial charge in [0.05, 0.1) is 6.54 Å². The van der Waals surface area contributed by atoms with Crippen LogP contribution in [-0.4, -0.2) is 15.6 Å². The van der Waals surface area contributed by atoms with Gasteiger partial charge in [0.1, 0.15) is 5.82 Å². The Morgan fingerprint density at radius 2 is 2.38 bits per heavy atom. The Morgan fingerprint density at radius 1 is 1.56 bits per heavy atom. The summed E-state index contributed by atoms with van der Waals surface area (Å²) in [5, 5.41) is 3.57. The Bertz CT molecular complexity index is 315. The second kappa shape index (κ2) is 5.48. The van der Waals surface area contributed by atoms with Crippen LogP contribution in [0, 0.1) is 5.92 Å². The zero-order valence-corrected chi connectivity index (χ0v) is 10.4. The van der Waals surface area contributed by atoms with Gasteiger partial charge >= 0.3 is 0 Å². The third-order valence-electron chi connectivity index (χ3n) is 3.26. The summed E-state index contributed by atoms with van der Waals surface area (Å²) >= 11 is 0. The molecule has 2 rings (SSSR count). The van der Waals surface area contributed by atoms with Crippen LogP contribution in [-0.2, 0) is 13.1 Å². The predicted octanol–water partition coefficient (Wildman–Crippen LogP) is 2.57. The molecule has 0 spiro atoms. The third kappa shape index (κ3) is 3.34. The van der Waals surface area contributed by atoms with Crippen LogP contribution in [0.25, 0.3) is 0 Å². The first-order valence-electron chi connectivity index (χ1n) is 6.53. The Labute approximate surface area is 98.3 Å². The Hall–Kier alpha value is -0.830. The number of hydrogen-bond acceptors (Lipinski definition) is 2. The van der Waals surface area contributed by atoms with Crippen molar-refractivity contribution < 1.29 is 0 Å². The quantitative estimate of drug-likeness (QED) is 0.767. The molecular formula is C13H23N3. The average molecular weight is 221 g/mol. The fourth-order valence-corrected chi connectivity index (χ4v) is 2.15. The summed E-state index contributed by atoms with van der Waals surface area (Å²) in [5.74, 6) is 2.17. The van der Waals surface area contributed by atoms with E-state index in [0.717, 1.165) is 19.0 Å². The van der Waals surface area contributed by atoms with Crippen LogP contribution in [0.1, 0.15) is 45.4 Å². The Morgan fingerprint density at radius 3 is 3.06 bits per heavy atom. The van der Waals surface area contributed by atoms with E-state index < -0.39 is 0 Å². The van der Waals surface area contributed by atoms with Crippen molar-refractivity contribution in [3.8, 4) is 0 Å². The van der Waals surface area contributed by atoms with E-state index in [4.69, 9.17) is 0 Å². The van der Waals surface area contributed by atoms with Crippen molar-refractivity contribution in [3.63, 3.8) is 0 Å². The monoisotopic (exact) mass is 221 g/mol. The number of aryl methyl sites for hydroxylation is 1. The number of aromatic nitrogens is 2. The van der Waals surface area contributed by atoms with Crippen LogP contribution in [0.2, 0.25) is 0 Å². The number of imidazole rings is 1. The van der Waals surface area contributed by atoms with Crippen LogP contribution < -0.4 is 5.32 Å². The van der Waals surface area contributed by atoms with E-state index in [-0.39, 0.29) is 0 Å². The van der Waals surface area contributed by atoms with Gasteiger partial charge in [0.15, 0.2) is 0 Å². The zero-order valence-electron chi connectivity index (χ0n) is 10.4. The van der Waals surface area contributed by atoms with E-state index in [0.29, 0.717) is 6.04 Å². The van der Waals surface area contributed by atoms with Crippen molar-refractivity contribution in [1.29, 1.82) is 0 Å². The second-order valence-corrected chi connectivity index (χ2v) is 5.00. The molecule has 3 nitrogen and oxygen atoms in total. The van der Waals surface area contributed by atoms with Crippen LogP contribution in [0.3, 0.4) is 0 Å². The molecule has 0 aliphatic heterocycles. The summed E-state index contributed by atoms with van der Waals surface area (Å²) in [6.45, 7) is 6.47. The molecule has 1 N–H and O–H groups in total. The molecule has 1 aromatic rings. The molecule has 3 heteroatoms. The first-order chi connectivity index (χ1) is 7.79. The second-order valence-electron chi connectivity index (χ2n) is 5.00. The van der Waals surface area contributed by atoms with Gasteiger partial charge in [-0.1, -0.05) is 19.8 Å². The number of nitrogens with one attached hydrogen (secondary N) is 1. The zero-order chi connectivity index (χ0) is 11.4. The van der Waals surface area contributed by atoms with Crippen molar-refractivity contribution in [2.45, 2.75) is 58.7 Å². The molecule has 16 heavy (non-hydrogen) atoms.